The number of ether oxygens (including phenoxy) is 1. The van der Waals surface area contributed by atoms with Crippen LogP contribution in [0.4, 0.5) is 23.0 Å². The molecule has 138 valence electrons. The number of benzene rings is 2. The highest BCUT2D eigenvalue weighted by atomic mass is 79.9. The molecule has 3 rings (SSSR count). The first-order chi connectivity index (χ1) is 13.1. The van der Waals surface area contributed by atoms with E-state index in [1.54, 1.807) is 25.3 Å². The minimum Gasteiger partial charge on any atom is -0.497 e. The number of nitrogens with two attached hydrogens (primary N) is 1. The lowest BCUT2D eigenvalue weighted by Crippen LogP contribution is -2.30. The average molecular weight is 429 g/mol. The summed E-state index contributed by atoms with van der Waals surface area (Å²) in [6.45, 7) is 0. The zero-order valence-corrected chi connectivity index (χ0v) is 15.9. The first kappa shape index (κ1) is 18.5. The number of nitrogens with zero attached hydrogens (tertiary/aromatic N) is 2. The summed E-state index contributed by atoms with van der Waals surface area (Å²) in [5.74, 6) is 1.10. The molecule has 0 bridgehead atoms. The third kappa shape index (κ3) is 4.45. The number of carbonyl (C=O) groups is 1. The highest BCUT2D eigenvalue weighted by Crippen LogP contribution is 2.26. The number of hydrogen-bond donors (Lipinski definition) is 4. The van der Waals surface area contributed by atoms with Crippen molar-refractivity contribution in [2.45, 2.75) is 0 Å². The lowest BCUT2D eigenvalue weighted by molar-refractivity contribution is 0.0961. The van der Waals surface area contributed by atoms with Gasteiger partial charge in [0.15, 0.2) is 11.6 Å². The van der Waals surface area contributed by atoms with E-state index in [1.807, 2.05) is 30.3 Å². The highest BCUT2D eigenvalue weighted by molar-refractivity contribution is 9.10. The molecule has 5 N–H and O–H groups in total. The molecule has 2 aromatic carbocycles. The van der Waals surface area contributed by atoms with Crippen LogP contribution >= 0.6 is 15.9 Å². The molecule has 1 amide bonds. The molecule has 9 heteroatoms. The van der Waals surface area contributed by atoms with Crippen LogP contribution in [0.25, 0.3) is 0 Å². The summed E-state index contributed by atoms with van der Waals surface area (Å²) in [5.41, 5.74) is 12.9. The molecule has 0 atom stereocenters. The molecular formula is C18H17BrN6O2. The van der Waals surface area contributed by atoms with Crippen molar-refractivity contribution in [2.24, 2.45) is 0 Å². The van der Waals surface area contributed by atoms with Crippen LogP contribution in [0.15, 0.2) is 59.3 Å². The summed E-state index contributed by atoms with van der Waals surface area (Å²) in [7, 11) is 1.60. The fraction of sp³-hybridized carbons (Fsp3) is 0.0556. The number of halogens is 1. The van der Waals surface area contributed by atoms with E-state index in [9.17, 15) is 4.79 Å². The van der Waals surface area contributed by atoms with Crippen molar-refractivity contribution in [3.8, 4) is 5.75 Å². The average Bonchev–Trinajstić information content (AvgIpc) is 2.69. The second-order valence-corrected chi connectivity index (χ2v) is 6.25. The van der Waals surface area contributed by atoms with Crippen LogP contribution in [0.1, 0.15) is 10.4 Å². The summed E-state index contributed by atoms with van der Waals surface area (Å²) in [4.78, 5) is 20.5. The lowest BCUT2D eigenvalue weighted by atomic mass is 10.2. The number of nitrogen functional groups attached to an aromatic ring is 1. The monoisotopic (exact) mass is 428 g/mol. The maximum Gasteiger partial charge on any atom is 0.270 e. The van der Waals surface area contributed by atoms with E-state index < -0.39 is 0 Å². The Morgan fingerprint density at radius 3 is 2.48 bits per heavy atom. The molecule has 0 fully saturated rings. The zero-order chi connectivity index (χ0) is 19.2. The van der Waals surface area contributed by atoms with Gasteiger partial charge in [0.1, 0.15) is 17.8 Å². The van der Waals surface area contributed by atoms with E-state index in [1.165, 1.54) is 6.33 Å². The van der Waals surface area contributed by atoms with Gasteiger partial charge in [-0.05, 0) is 52.3 Å². The number of nitrogens with one attached hydrogen (secondary N) is 3. The smallest absolute Gasteiger partial charge is 0.270 e. The van der Waals surface area contributed by atoms with Gasteiger partial charge in [-0.3, -0.25) is 15.6 Å². The van der Waals surface area contributed by atoms with E-state index in [2.05, 4.69) is 42.1 Å². The first-order valence-corrected chi connectivity index (χ1v) is 8.70. The van der Waals surface area contributed by atoms with Gasteiger partial charge < -0.3 is 15.8 Å². The van der Waals surface area contributed by atoms with Crippen LogP contribution in [-0.4, -0.2) is 23.0 Å². The van der Waals surface area contributed by atoms with Gasteiger partial charge in [-0.15, -0.1) is 0 Å². The van der Waals surface area contributed by atoms with E-state index in [4.69, 9.17) is 10.5 Å². The van der Waals surface area contributed by atoms with Crippen LogP contribution in [0, 0.1) is 0 Å². The maximum atomic E-state index is 12.3. The fourth-order valence-corrected chi connectivity index (χ4v) is 2.70. The van der Waals surface area contributed by atoms with Crippen LogP contribution in [0.3, 0.4) is 0 Å². The molecule has 3 aromatic rings. The number of aromatic nitrogens is 2. The second kappa shape index (κ2) is 8.37. The van der Waals surface area contributed by atoms with Gasteiger partial charge >= 0.3 is 0 Å². The number of carbonyl (C=O) groups excluding carboxylic acids is 1. The Morgan fingerprint density at radius 2 is 1.78 bits per heavy atom. The van der Waals surface area contributed by atoms with Crippen LogP contribution < -0.4 is 26.6 Å². The molecule has 0 saturated carbocycles. The predicted molar refractivity (Wildman–Crippen MR) is 108 cm³/mol. The summed E-state index contributed by atoms with van der Waals surface area (Å²) < 4.78 is 5.81. The Hall–Kier alpha value is -3.33. The topological polar surface area (TPSA) is 114 Å². The number of amides is 1. The predicted octanol–water partition coefficient (Wildman–Crippen LogP) is 3.33. The Morgan fingerprint density at radius 1 is 1.07 bits per heavy atom. The van der Waals surface area contributed by atoms with Crippen molar-refractivity contribution in [3.05, 3.63) is 64.9 Å². The largest absolute Gasteiger partial charge is 0.497 e. The molecule has 1 heterocycles. The summed E-state index contributed by atoms with van der Waals surface area (Å²) in [6, 6.07) is 14.4. The molecule has 0 saturated heterocycles. The number of hydrazine groups is 1. The van der Waals surface area contributed by atoms with Crippen molar-refractivity contribution in [2.75, 3.05) is 23.6 Å². The fourth-order valence-electron chi connectivity index (χ4n) is 2.23. The van der Waals surface area contributed by atoms with Crippen molar-refractivity contribution in [3.63, 3.8) is 0 Å². The molecule has 1 aromatic heterocycles. The van der Waals surface area contributed by atoms with Gasteiger partial charge in [-0.1, -0.05) is 12.1 Å². The Bertz CT molecular complexity index is 949. The highest BCUT2D eigenvalue weighted by Gasteiger charge is 2.12. The number of methoxy groups -OCH3 is 1. The van der Waals surface area contributed by atoms with Gasteiger partial charge in [0.05, 0.1) is 12.7 Å². The van der Waals surface area contributed by atoms with E-state index >= 15 is 0 Å². The number of hydrogen-bond acceptors (Lipinski definition) is 7. The molecule has 0 aliphatic carbocycles. The van der Waals surface area contributed by atoms with Crippen molar-refractivity contribution in [1.29, 1.82) is 0 Å². The standard InChI is InChI=1S/C18H17BrN6O2/c1-27-12-8-6-11(7-9-12)23-16-15(20)17(22-10-21-16)24-25-18(26)13-4-2-3-5-14(13)19/h2-10H,20H2,1H3,(H,25,26)(H2,21,22,23,24). The maximum absolute atomic E-state index is 12.3. The van der Waals surface area contributed by atoms with E-state index in [0.29, 0.717) is 15.9 Å². The Labute approximate surface area is 164 Å². The SMILES string of the molecule is COc1ccc(Nc2ncnc(NNC(=O)c3ccccc3Br)c2N)cc1. The normalized spacial score (nSPS) is 10.1. The van der Waals surface area contributed by atoms with Crippen LogP contribution in [0.5, 0.6) is 5.75 Å². The van der Waals surface area contributed by atoms with Gasteiger partial charge in [0, 0.05) is 10.2 Å². The zero-order valence-electron chi connectivity index (χ0n) is 14.4. The third-order valence-corrected chi connectivity index (χ3v) is 4.34. The second-order valence-electron chi connectivity index (χ2n) is 5.40. The van der Waals surface area contributed by atoms with Crippen molar-refractivity contribution >= 4 is 44.8 Å². The quantitative estimate of drug-likeness (QED) is 0.445. The summed E-state index contributed by atoms with van der Waals surface area (Å²) in [6.07, 6.45) is 1.34. The van der Waals surface area contributed by atoms with E-state index in [0.717, 1.165) is 11.4 Å². The van der Waals surface area contributed by atoms with E-state index in [-0.39, 0.29) is 17.4 Å². The molecule has 8 nitrogen and oxygen atoms in total. The van der Waals surface area contributed by atoms with Gasteiger partial charge in [0.2, 0.25) is 0 Å². The Kier molecular flexibility index (Phi) is 5.72. The summed E-state index contributed by atoms with van der Waals surface area (Å²) in [5, 5.41) is 3.10. The minimum absolute atomic E-state index is 0.265. The molecule has 0 radical (unpaired) electrons. The molecule has 0 aliphatic rings. The number of anilines is 4. The molecule has 0 unspecified atom stereocenters. The van der Waals surface area contributed by atoms with Crippen molar-refractivity contribution < 1.29 is 9.53 Å². The molecular weight excluding hydrogens is 412 g/mol. The third-order valence-electron chi connectivity index (χ3n) is 3.65. The van der Waals surface area contributed by atoms with Gasteiger partial charge in [-0.25, -0.2) is 9.97 Å². The van der Waals surface area contributed by atoms with Gasteiger partial charge in [-0.2, -0.15) is 0 Å². The minimum atomic E-state index is -0.329. The molecule has 27 heavy (non-hydrogen) atoms. The van der Waals surface area contributed by atoms with Gasteiger partial charge in [0.25, 0.3) is 5.91 Å². The lowest BCUT2D eigenvalue weighted by Gasteiger charge is -2.13. The first-order valence-electron chi connectivity index (χ1n) is 7.91. The Balaban J connectivity index is 1.71. The van der Waals surface area contributed by atoms with Crippen molar-refractivity contribution in [1.82, 2.24) is 15.4 Å². The molecule has 0 spiro atoms. The van der Waals surface area contributed by atoms with Crippen LogP contribution in [-0.2, 0) is 0 Å². The van der Waals surface area contributed by atoms with Crippen LogP contribution in [0.2, 0.25) is 0 Å². The summed E-state index contributed by atoms with van der Waals surface area (Å²) >= 11 is 3.34. The molecule has 0 aliphatic heterocycles. The number of rotatable bonds is 6.